The van der Waals surface area contributed by atoms with Crippen LogP contribution in [0.15, 0.2) is 11.3 Å². The Hall–Kier alpha value is -1.07. The molecule has 9 heterocycles. The quantitative estimate of drug-likeness (QED) is 0.250. The molecule has 0 aromatic heterocycles. The third-order valence-electron chi connectivity index (χ3n) is 15.9. The zero-order chi connectivity index (χ0) is 38.1. The van der Waals surface area contributed by atoms with Gasteiger partial charge < -0.3 is 28.6 Å². The zero-order valence-electron chi connectivity index (χ0n) is 33.1. The van der Waals surface area contributed by atoms with Gasteiger partial charge in [0.15, 0.2) is 23.3 Å². The van der Waals surface area contributed by atoms with Crippen molar-refractivity contribution >= 4 is 0 Å². The monoisotopic (exact) mass is 770 g/mol. The van der Waals surface area contributed by atoms with Crippen molar-refractivity contribution in [1.29, 1.82) is 0 Å². The first-order valence-electron chi connectivity index (χ1n) is 20.8. The summed E-state index contributed by atoms with van der Waals surface area (Å²) < 4.78 is 76.4. The highest BCUT2D eigenvalue weighted by atomic mass is 19.4. The van der Waals surface area contributed by atoms with Crippen molar-refractivity contribution in [1.82, 2.24) is 9.80 Å². The Bertz CT molecular complexity index is 1480. The lowest BCUT2D eigenvalue weighted by molar-refractivity contribution is -0.585. The van der Waals surface area contributed by atoms with Crippen molar-refractivity contribution in [2.75, 3.05) is 39.8 Å². The molecule has 4 bridgehead atoms. The fourth-order valence-corrected chi connectivity index (χ4v) is 12.5. The number of hydrogen-bond donors (Lipinski definition) is 0. The van der Waals surface area contributed by atoms with Crippen molar-refractivity contribution in [2.24, 2.45) is 41.4 Å². The molecular weight excluding hydrogens is 709 g/mol. The number of halogens is 3. The number of allylic oxidation sites excluding steroid dienone is 1. The smallest absolute Gasteiger partial charge is 0.449 e. The molecule has 11 aliphatic rings. The lowest BCUT2D eigenvalue weighted by Crippen LogP contribution is -2.73. The average molecular weight is 771 g/mol. The molecule has 2 saturated carbocycles. The third-order valence-corrected chi connectivity index (χ3v) is 15.9. The van der Waals surface area contributed by atoms with Gasteiger partial charge in [0.1, 0.15) is 0 Å². The number of fused-ring (bicyclic) bond motifs is 4. The van der Waals surface area contributed by atoms with E-state index in [-0.39, 0.29) is 41.8 Å². The lowest BCUT2D eigenvalue weighted by Gasteiger charge is -2.62. The molecule has 2 aliphatic carbocycles. The second-order valence-corrected chi connectivity index (χ2v) is 19.0. The lowest BCUT2D eigenvalue weighted by atomic mass is 9.57. The molecule has 0 unspecified atom stereocenters. The number of alkyl halides is 3. The molecular formula is C40H61F3N2O9. The van der Waals surface area contributed by atoms with Crippen LogP contribution in [0.2, 0.25) is 0 Å². The molecule has 0 radical (unpaired) electrons. The SMILES string of the molecule is C[C@@H]1CC[C@H]2[C@@H](C)[C@@](C)(OCCN(C)C3CCN(CC4=C(C(F)(F)F)O[C@@H]5O[C@]6(C)CC[C@H]7[C@H](C)CC[C@@H]4[C@@]57OO6)CC3)O[C@@H]3O[C@]4(C)CC[C@@H]1[C@]32OO4. The van der Waals surface area contributed by atoms with Gasteiger partial charge in [-0.25, -0.2) is 19.6 Å². The summed E-state index contributed by atoms with van der Waals surface area (Å²) in [6.07, 6.45) is 1.89. The van der Waals surface area contributed by atoms with Crippen LogP contribution >= 0.6 is 0 Å². The second kappa shape index (κ2) is 13.2. The summed E-state index contributed by atoms with van der Waals surface area (Å²) in [5.41, 5.74) is -1.45. The Kier molecular flexibility index (Phi) is 9.41. The maximum absolute atomic E-state index is 14.8. The summed E-state index contributed by atoms with van der Waals surface area (Å²) in [6.45, 7) is 15.1. The summed E-state index contributed by atoms with van der Waals surface area (Å²) in [7, 11) is 2.11. The summed E-state index contributed by atoms with van der Waals surface area (Å²) in [4.78, 5) is 28.8. The molecule has 54 heavy (non-hydrogen) atoms. The first-order valence-corrected chi connectivity index (χ1v) is 20.8. The maximum Gasteiger partial charge on any atom is 0.449 e. The molecule has 14 heteroatoms. The topological polar surface area (TPSA) is 89.6 Å². The highest BCUT2D eigenvalue weighted by molar-refractivity contribution is 5.29. The van der Waals surface area contributed by atoms with Gasteiger partial charge in [-0.3, -0.25) is 4.90 Å². The zero-order valence-corrected chi connectivity index (χ0v) is 33.1. The van der Waals surface area contributed by atoms with E-state index in [0.717, 1.165) is 51.4 Å². The van der Waals surface area contributed by atoms with Crippen molar-refractivity contribution in [3.8, 4) is 0 Å². The fourth-order valence-electron chi connectivity index (χ4n) is 12.5. The van der Waals surface area contributed by atoms with Crippen LogP contribution in [0.3, 0.4) is 0 Å². The van der Waals surface area contributed by atoms with Crippen LogP contribution in [0.25, 0.3) is 0 Å². The van der Waals surface area contributed by atoms with Crippen molar-refractivity contribution in [3.63, 3.8) is 0 Å². The molecule has 11 nitrogen and oxygen atoms in total. The standard InChI is InChI=1S/C40H61F3N2O9/c1-23-8-10-30-25(3)37(6,50-34-38(30)28(23)12-17-36(5,49-34)52-53-38)46-21-20-44(7)26-14-18-45(19-15-26)22-27-31-11-9-24(2)29-13-16-35(4)48-33(39(29,31)54-51-35)47-32(27)40(41,42)43/h23-26,28-31,33-34H,8-22H2,1-7H3/t23-,24-,25-,28+,29+,30+,31+,33-,34+,35+,36+,37+,38-,39-/m1/s1. The minimum Gasteiger partial charge on any atom is -0.456 e. The van der Waals surface area contributed by atoms with Crippen LogP contribution < -0.4 is 0 Å². The molecule has 11 rings (SSSR count). The first kappa shape index (κ1) is 38.4. The van der Waals surface area contributed by atoms with E-state index >= 15 is 0 Å². The third kappa shape index (κ3) is 5.88. The number of ether oxygens (including phenoxy) is 5. The summed E-state index contributed by atoms with van der Waals surface area (Å²) in [5.74, 6) is -2.97. The predicted octanol–water partition coefficient (Wildman–Crippen LogP) is 7.06. The number of nitrogens with zero attached hydrogens (tertiary/aromatic N) is 2. The molecule has 2 spiro atoms. The molecule has 9 aliphatic heterocycles. The number of piperidine rings is 1. The molecule has 8 saturated heterocycles. The molecule has 0 aromatic carbocycles. The van der Waals surface area contributed by atoms with Crippen LogP contribution in [0.5, 0.6) is 0 Å². The Morgan fingerprint density at radius 2 is 1.35 bits per heavy atom. The van der Waals surface area contributed by atoms with Gasteiger partial charge in [0.2, 0.25) is 23.6 Å². The van der Waals surface area contributed by atoms with Crippen LogP contribution in [0, 0.1) is 41.4 Å². The Balaban J connectivity index is 0.839. The summed E-state index contributed by atoms with van der Waals surface area (Å²) >= 11 is 0. The van der Waals surface area contributed by atoms with E-state index in [0.29, 0.717) is 50.9 Å². The molecule has 10 fully saturated rings. The summed E-state index contributed by atoms with van der Waals surface area (Å²) in [6, 6.07) is 0.280. The van der Waals surface area contributed by atoms with Gasteiger partial charge in [-0.1, -0.05) is 20.8 Å². The van der Waals surface area contributed by atoms with Gasteiger partial charge in [-0.05, 0) is 116 Å². The van der Waals surface area contributed by atoms with Gasteiger partial charge >= 0.3 is 6.18 Å². The molecule has 306 valence electrons. The highest BCUT2D eigenvalue weighted by Crippen LogP contribution is 2.63. The average Bonchev–Trinajstić information content (AvgIpc) is 3.49. The van der Waals surface area contributed by atoms with Gasteiger partial charge in [0, 0.05) is 55.6 Å². The number of likely N-dealkylation sites (tertiary alicyclic amines) is 1. The van der Waals surface area contributed by atoms with E-state index in [1.807, 2.05) is 13.8 Å². The maximum atomic E-state index is 14.8. The van der Waals surface area contributed by atoms with E-state index in [2.05, 4.69) is 37.6 Å². The first-order chi connectivity index (χ1) is 25.5. The fraction of sp³-hybridized carbons (Fsp3) is 0.950. The highest BCUT2D eigenvalue weighted by Gasteiger charge is 2.72. The van der Waals surface area contributed by atoms with Crippen LogP contribution in [-0.2, 0) is 43.2 Å². The number of rotatable bonds is 7. The van der Waals surface area contributed by atoms with E-state index in [1.54, 1.807) is 6.92 Å². The minimum atomic E-state index is -4.64. The molecule has 0 aromatic rings. The van der Waals surface area contributed by atoms with Gasteiger partial charge in [-0.15, -0.1) is 0 Å². The number of hydrogen-bond acceptors (Lipinski definition) is 11. The van der Waals surface area contributed by atoms with Crippen molar-refractivity contribution in [3.05, 3.63) is 11.3 Å². The Morgan fingerprint density at radius 1 is 0.741 bits per heavy atom. The second-order valence-electron chi connectivity index (χ2n) is 19.0. The van der Waals surface area contributed by atoms with Crippen LogP contribution in [0.4, 0.5) is 13.2 Å². The van der Waals surface area contributed by atoms with Gasteiger partial charge in [0.25, 0.3) is 0 Å². The van der Waals surface area contributed by atoms with E-state index in [9.17, 15) is 13.2 Å². The van der Waals surface area contributed by atoms with E-state index < -0.39 is 59.0 Å². The van der Waals surface area contributed by atoms with Crippen molar-refractivity contribution in [2.45, 2.75) is 159 Å². The Labute approximate surface area is 317 Å². The van der Waals surface area contributed by atoms with Crippen LogP contribution in [0.1, 0.15) is 106 Å². The minimum absolute atomic E-state index is 0.0222. The predicted molar refractivity (Wildman–Crippen MR) is 186 cm³/mol. The number of likely N-dealkylation sites (N-methyl/N-ethyl adjacent to an activating group) is 1. The Morgan fingerprint density at radius 3 is 2.02 bits per heavy atom. The van der Waals surface area contributed by atoms with Crippen LogP contribution in [-0.4, -0.2) is 103 Å². The molecule has 14 atom stereocenters. The largest absolute Gasteiger partial charge is 0.456 e. The molecule has 0 N–H and O–H groups in total. The van der Waals surface area contributed by atoms with Crippen molar-refractivity contribution < 1.29 is 56.4 Å². The van der Waals surface area contributed by atoms with Gasteiger partial charge in [0.05, 0.1) is 6.61 Å². The van der Waals surface area contributed by atoms with Gasteiger partial charge in [-0.2, -0.15) is 13.2 Å². The van der Waals surface area contributed by atoms with E-state index in [1.165, 1.54) is 0 Å². The molecule has 0 amide bonds. The normalized spacial score (nSPS) is 50.7. The van der Waals surface area contributed by atoms with E-state index in [4.69, 9.17) is 43.2 Å². The summed E-state index contributed by atoms with van der Waals surface area (Å²) in [5, 5.41) is 0.